The van der Waals surface area contributed by atoms with Crippen molar-refractivity contribution in [3.63, 3.8) is 0 Å². The maximum absolute atomic E-state index is 12.7. The minimum absolute atomic E-state index is 0.157. The number of esters is 2. The van der Waals surface area contributed by atoms with E-state index >= 15 is 0 Å². The molecular formula is C50H92NO10P. The van der Waals surface area contributed by atoms with Crippen LogP contribution < -0.4 is 5.73 Å². The highest BCUT2D eigenvalue weighted by Gasteiger charge is 2.28. The van der Waals surface area contributed by atoms with E-state index in [4.69, 9.17) is 24.8 Å². The van der Waals surface area contributed by atoms with E-state index in [1.807, 2.05) is 0 Å². The number of carbonyl (C=O) groups is 3. The number of allylic oxidation sites excluding steroid dienone is 6. The van der Waals surface area contributed by atoms with Gasteiger partial charge in [0, 0.05) is 12.8 Å². The molecule has 0 aromatic carbocycles. The van der Waals surface area contributed by atoms with Crippen LogP contribution in [0.3, 0.4) is 0 Å². The van der Waals surface area contributed by atoms with E-state index in [-0.39, 0.29) is 19.4 Å². The average molecular weight is 898 g/mol. The van der Waals surface area contributed by atoms with E-state index in [1.54, 1.807) is 0 Å². The summed E-state index contributed by atoms with van der Waals surface area (Å²) in [5.74, 6) is -2.38. The molecule has 0 rings (SSSR count). The van der Waals surface area contributed by atoms with Crippen LogP contribution in [0.2, 0.25) is 0 Å². The highest BCUT2D eigenvalue weighted by Crippen LogP contribution is 2.43. The van der Waals surface area contributed by atoms with E-state index in [9.17, 15) is 23.8 Å². The molecule has 4 N–H and O–H groups in total. The first-order chi connectivity index (χ1) is 30.1. The lowest BCUT2D eigenvalue weighted by molar-refractivity contribution is -0.161. The van der Waals surface area contributed by atoms with Gasteiger partial charge in [0.05, 0.1) is 13.2 Å². The Kier molecular flexibility index (Phi) is 43.6. The van der Waals surface area contributed by atoms with Gasteiger partial charge < -0.3 is 25.2 Å². The smallest absolute Gasteiger partial charge is 0.472 e. The molecule has 362 valence electrons. The Labute approximate surface area is 378 Å². The van der Waals surface area contributed by atoms with Gasteiger partial charge in [-0.15, -0.1) is 0 Å². The van der Waals surface area contributed by atoms with E-state index in [0.29, 0.717) is 12.8 Å². The van der Waals surface area contributed by atoms with E-state index < -0.39 is 51.1 Å². The van der Waals surface area contributed by atoms with Crippen LogP contribution in [0.5, 0.6) is 0 Å². The molecule has 62 heavy (non-hydrogen) atoms. The Morgan fingerprint density at radius 3 is 1.31 bits per heavy atom. The summed E-state index contributed by atoms with van der Waals surface area (Å²) in [5.41, 5.74) is 5.35. The highest BCUT2D eigenvalue weighted by atomic mass is 31.2. The molecule has 0 aromatic heterocycles. The van der Waals surface area contributed by atoms with Crippen molar-refractivity contribution in [3.05, 3.63) is 36.5 Å². The van der Waals surface area contributed by atoms with Crippen LogP contribution in [0.4, 0.5) is 0 Å². The second kappa shape index (κ2) is 45.3. The molecule has 0 saturated heterocycles. The summed E-state index contributed by atoms with van der Waals surface area (Å²) in [6, 6.07) is -1.52. The van der Waals surface area contributed by atoms with Crippen LogP contribution in [0.15, 0.2) is 36.5 Å². The molecule has 3 unspecified atom stereocenters. The number of unbranched alkanes of at least 4 members (excludes halogenated alkanes) is 27. The van der Waals surface area contributed by atoms with Crippen LogP contribution in [0.1, 0.15) is 232 Å². The van der Waals surface area contributed by atoms with Gasteiger partial charge >= 0.3 is 25.7 Å². The van der Waals surface area contributed by atoms with Crippen LogP contribution in [-0.4, -0.2) is 59.9 Å². The molecule has 0 amide bonds. The van der Waals surface area contributed by atoms with Gasteiger partial charge in [-0.05, 0) is 70.6 Å². The van der Waals surface area contributed by atoms with Crippen LogP contribution >= 0.6 is 7.82 Å². The molecule has 3 atom stereocenters. The molecular weight excluding hydrogens is 806 g/mol. The lowest BCUT2D eigenvalue weighted by atomic mass is 10.1. The Morgan fingerprint density at radius 2 is 0.855 bits per heavy atom. The van der Waals surface area contributed by atoms with Crippen LogP contribution in [0.25, 0.3) is 0 Å². The lowest BCUT2D eigenvalue weighted by Gasteiger charge is -2.20. The first kappa shape index (κ1) is 59.7. The highest BCUT2D eigenvalue weighted by molar-refractivity contribution is 7.47. The third-order valence-electron chi connectivity index (χ3n) is 10.9. The first-order valence-corrected chi connectivity index (χ1v) is 26.5. The minimum Gasteiger partial charge on any atom is -0.480 e. The van der Waals surface area contributed by atoms with Crippen LogP contribution in [0, 0.1) is 0 Å². The molecule has 0 heterocycles. The van der Waals surface area contributed by atoms with Crippen molar-refractivity contribution >= 4 is 25.7 Å². The van der Waals surface area contributed by atoms with Gasteiger partial charge in [-0.25, -0.2) is 4.57 Å². The molecule has 0 aliphatic heterocycles. The fourth-order valence-electron chi connectivity index (χ4n) is 6.91. The summed E-state index contributed by atoms with van der Waals surface area (Å²) < 4.78 is 32.8. The molecule has 0 saturated carbocycles. The SMILES string of the molecule is CCCCC/C=C\C/C=C\CCCCCCCCCCCC(=O)OC(COC(=O)CCCCCCCCCCC/C=C\CCCCCCCC)COP(=O)(O)OCC(N)C(=O)O. The largest absolute Gasteiger partial charge is 0.480 e. The summed E-state index contributed by atoms with van der Waals surface area (Å²) in [7, 11) is -4.72. The van der Waals surface area contributed by atoms with Gasteiger partial charge in [0.25, 0.3) is 0 Å². The number of hydrogen-bond donors (Lipinski definition) is 3. The Morgan fingerprint density at radius 1 is 0.500 bits per heavy atom. The second-order valence-electron chi connectivity index (χ2n) is 16.9. The van der Waals surface area contributed by atoms with Gasteiger partial charge in [0.1, 0.15) is 12.6 Å². The Hall–Kier alpha value is -2.30. The number of carbonyl (C=O) groups excluding carboxylic acids is 2. The van der Waals surface area contributed by atoms with E-state index in [1.165, 1.54) is 141 Å². The molecule has 0 aliphatic rings. The summed E-state index contributed by atoms with van der Waals surface area (Å²) in [4.78, 5) is 46.2. The zero-order valence-corrected chi connectivity index (χ0v) is 40.4. The fraction of sp³-hybridized carbons (Fsp3) is 0.820. The molecule has 11 nitrogen and oxygen atoms in total. The van der Waals surface area contributed by atoms with Crippen molar-refractivity contribution in [1.29, 1.82) is 0 Å². The fourth-order valence-corrected chi connectivity index (χ4v) is 7.69. The van der Waals surface area contributed by atoms with Crippen molar-refractivity contribution in [2.24, 2.45) is 5.73 Å². The number of phosphoric acid groups is 1. The number of phosphoric ester groups is 1. The van der Waals surface area contributed by atoms with Gasteiger partial charge in [0.15, 0.2) is 6.10 Å². The number of aliphatic carboxylic acids is 1. The molecule has 0 radical (unpaired) electrons. The summed E-state index contributed by atoms with van der Waals surface area (Å²) in [6.07, 6.45) is 50.5. The quantitative estimate of drug-likeness (QED) is 0.0230. The van der Waals surface area contributed by atoms with Gasteiger partial charge in [-0.3, -0.25) is 23.4 Å². The topological polar surface area (TPSA) is 172 Å². The van der Waals surface area contributed by atoms with Crippen molar-refractivity contribution < 1.29 is 47.5 Å². The lowest BCUT2D eigenvalue weighted by Crippen LogP contribution is -2.34. The molecule has 12 heteroatoms. The number of carboxylic acid groups (broad SMARTS) is 1. The van der Waals surface area contributed by atoms with Crippen molar-refractivity contribution in [2.75, 3.05) is 19.8 Å². The third kappa shape index (κ3) is 44.3. The predicted molar refractivity (Wildman–Crippen MR) is 254 cm³/mol. The van der Waals surface area contributed by atoms with Gasteiger partial charge in [0.2, 0.25) is 0 Å². The minimum atomic E-state index is -4.72. The summed E-state index contributed by atoms with van der Waals surface area (Å²) in [5, 5.41) is 8.92. The Bertz CT molecular complexity index is 1190. The average Bonchev–Trinajstić information content (AvgIpc) is 3.25. The van der Waals surface area contributed by atoms with Crippen molar-refractivity contribution in [1.82, 2.24) is 0 Å². The maximum atomic E-state index is 12.7. The Balaban J connectivity index is 4.26. The number of hydrogen-bond acceptors (Lipinski definition) is 9. The summed E-state index contributed by atoms with van der Waals surface area (Å²) in [6.45, 7) is 2.80. The van der Waals surface area contributed by atoms with Gasteiger partial charge in [-0.1, -0.05) is 185 Å². The number of nitrogens with two attached hydrogens (primary N) is 1. The molecule has 0 fully saturated rings. The van der Waals surface area contributed by atoms with Crippen molar-refractivity contribution in [3.8, 4) is 0 Å². The monoisotopic (exact) mass is 898 g/mol. The third-order valence-corrected chi connectivity index (χ3v) is 11.8. The van der Waals surface area contributed by atoms with Crippen LogP contribution in [-0.2, 0) is 37.5 Å². The molecule has 0 spiro atoms. The maximum Gasteiger partial charge on any atom is 0.472 e. The summed E-state index contributed by atoms with van der Waals surface area (Å²) >= 11 is 0. The molecule has 0 aliphatic carbocycles. The predicted octanol–water partition coefficient (Wildman–Crippen LogP) is 14.0. The van der Waals surface area contributed by atoms with E-state index in [2.05, 4.69) is 54.8 Å². The first-order valence-electron chi connectivity index (χ1n) is 25.0. The normalized spacial score (nSPS) is 13.9. The number of ether oxygens (including phenoxy) is 2. The standard InChI is InChI=1S/C50H92NO10P/c1-3-5-7-9-11-13-15-17-19-21-23-25-27-29-31-33-35-37-39-41-48(52)58-43-46(44-59-62(56,57)60-45-47(51)50(54)55)61-49(53)42-40-38-36-34-32-30-28-26-24-22-20-18-16-14-12-10-8-6-4-2/h12,14,17-20,46-47H,3-11,13,15-16,21-45,51H2,1-2H3,(H,54,55)(H,56,57)/b14-12-,19-17-,20-18-. The van der Waals surface area contributed by atoms with E-state index in [0.717, 1.165) is 51.4 Å². The molecule has 0 aromatic rings. The second-order valence-corrected chi connectivity index (χ2v) is 18.4. The number of rotatable bonds is 47. The zero-order chi connectivity index (χ0) is 45.6. The number of carboxylic acids is 1. The molecule has 0 bridgehead atoms. The van der Waals surface area contributed by atoms with Gasteiger partial charge in [-0.2, -0.15) is 0 Å². The zero-order valence-electron chi connectivity index (χ0n) is 39.5. The van der Waals surface area contributed by atoms with Crippen molar-refractivity contribution in [2.45, 2.75) is 244 Å².